The van der Waals surface area contributed by atoms with Crippen molar-refractivity contribution in [2.45, 2.75) is 0 Å². The van der Waals surface area contributed by atoms with Crippen LogP contribution in [0.2, 0.25) is 0 Å². The summed E-state index contributed by atoms with van der Waals surface area (Å²) in [6.07, 6.45) is 1.46. The highest BCUT2D eigenvalue weighted by atomic mass is 32.1. The zero-order chi connectivity index (χ0) is 19.5. The maximum atomic E-state index is 12.9. The van der Waals surface area contributed by atoms with Crippen molar-refractivity contribution in [2.75, 3.05) is 33.3 Å². The molecule has 0 bridgehead atoms. The normalized spacial score (nSPS) is 14.2. The van der Waals surface area contributed by atoms with Gasteiger partial charge in [0.2, 0.25) is 0 Å². The van der Waals surface area contributed by atoms with Crippen molar-refractivity contribution in [3.63, 3.8) is 0 Å². The first-order chi connectivity index (χ1) is 13.7. The average molecular weight is 398 g/mol. The second-order valence-corrected chi connectivity index (χ2v) is 7.12. The molecular weight excluding hydrogens is 380 g/mol. The number of amides is 2. The Kier molecular flexibility index (Phi) is 5.02. The average Bonchev–Trinajstić information content (AvgIpc) is 3.44. The first-order valence-electron chi connectivity index (χ1n) is 8.71. The number of aromatic nitrogens is 4. The maximum Gasteiger partial charge on any atom is 0.266 e. The molecule has 1 aromatic carbocycles. The van der Waals surface area contributed by atoms with Gasteiger partial charge in [0.15, 0.2) is 0 Å². The van der Waals surface area contributed by atoms with Crippen LogP contribution in [0.1, 0.15) is 20.0 Å². The maximum absolute atomic E-state index is 12.9. The SMILES string of the molecule is COc1cccc(C(=O)N2CCN(C(=O)c3sccc3-n3cnnn3)CC2)c1. The Hall–Kier alpha value is -3.27. The number of carbonyl (C=O) groups excluding carboxylic acids is 2. The molecule has 10 heteroatoms. The van der Waals surface area contributed by atoms with Crippen LogP contribution in [0.5, 0.6) is 5.75 Å². The monoisotopic (exact) mass is 398 g/mol. The van der Waals surface area contributed by atoms with Gasteiger partial charge in [0, 0.05) is 31.7 Å². The standard InChI is InChI=1S/C18H18N6O3S/c1-27-14-4-2-3-13(11-14)17(25)22-6-8-23(9-7-22)18(26)16-15(5-10-28-16)24-12-19-20-21-24/h2-5,10-12H,6-9H2,1H3. The van der Waals surface area contributed by atoms with Gasteiger partial charge in [-0.2, -0.15) is 4.68 Å². The van der Waals surface area contributed by atoms with Gasteiger partial charge in [-0.3, -0.25) is 9.59 Å². The molecule has 1 saturated heterocycles. The third kappa shape index (κ3) is 3.46. The van der Waals surface area contributed by atoms with E-state index in [4.69, 9.17) is 4.74 Å². The topological polar surface area (TPSA) is 93.5 Å². The van der Waals surface area contributed by atoms with Crippen molar-refractivity contribution in [3.05, 3.63) is 52.5 Å². The van der Waals surface area contributed by atoms with Crippen molar-refractivity contribution in [2.24, 2.45) is 0 Å². The van der Waals surface area contributed by atoms with Gasteiger partial charge >= 0.3 is 0 Å². The molecule has 0 N–H and O–H groups in total. The van der Waals surface area contributed by atoms with Crippen LogP contribution in [0.4, 0.5) is 0 Å². The molecule has 9 nitrogen and oxygen atoms in total. The fourth-order valence-corrected chi connectivity index (χ4v) is 3.95. The van der Waals surface area contributed by atoms with E-state index in [-0.39, 0.29) is 11.8 Å². The second-order valence-electron chi connectivity index (χ2n) is 6.21. The summed E-state index contributed by atoms with van der Waals surface area (Å²) in [4.78, 5) is 29.8. The van der Waals surface area contributed by atoms with Crippen LogP contribution < -0.4 is 4.74 Å². The fraction of sp³-hybridized carbons (Fsp3) is 0.278. The lowest BCUT2D eigenvalue weighted by Crippen LogP contribution is -2.50. The second kappa shape index (κ2) is 7.77. The highest BCUT2D eigenvalue weighted by Crippen LogP contribution is 2.23. The van der Waals surface area contributed by atoms with Crippen molar-refractivity contribution in [3.8, 4) is 11.4 Å². The van der Waals surface area contributed by atoms with Crippen LogP contribution >= 0.6 is 11.3 Å². The highest BCUT2D eigenvalue weighted by molar-refractivity contribution is 7.12. The van der Waals surface area contributed by atoms with Gasteiger partial charge in [-0.1, -0.05) is 6.07 Å². The number of hydrogen-bond donors (Lipinski definition) is 0. The van der Waals surface area contributed by atoms with E-state index in [0.717, 1.165) is 0 Å². The molecule has 0 spiro atoms. The number of carbonyl (C=O) groups is 2. The van der Waals surface area contributed by atoms with Crippen LogP contribution in [0.15, 0.2) is 42.0 Å². The third-order valence-corrected chi connectivity index (χ3v) is 5.50. The zero-order valence-corrected chi connectivity index (χ0v) is 16.0. The molecule has 28 heavy (non-hydrogen) atoms. The van der Waals surface area contributed by atoms with Gasteiger partial charge in [0.05, 0.1) is 12.8 Å². The molecule has 2 amide bonds. The summed E-state index contributed by atoms with van der Waals surface area (Å²) < 4.78 is 6.66. The minimum Gasteiger partial charge on any atom is -0.497 e. The molecule has 3 heterocycles. The van der Waals surface area contributed by atoms with Crippen molar-refractivity contribution >= 4 is 23.2 Å². The third-order valence-electron chi connectivity index (χ3n) is 4.61. The van der Waals surface area contributed by atoms with Crippen LogP contribution in [-0.2, 0) is 0 Å². The Labute approximate surface area is 165 Å². The lowest BCUT2D eigenvalue weighted by Gasteiger charge is -2.34. The van der Waals surface area contributed by atoms with E-state index < -0.39 is 0 Å². The number of benzene rings is 1. The van der Waals surface area contributed by atoms with Crippen LogP contribution in [0.25, 0.3) is 5.69 Å². The van der Waals surface area contributed by atoms with Crippen molar-refractivity contribution in [1.29, 1.82) is 0 Å². The summed E-state index contributed by atoms with van der Waals surface area (Å²) in [5.74, 6) is 0.512. The molecule has 144 valence electrons. The number of tetrazole rings is 1. The summed E-state index contributed by atoms with van der Waals surface area (Å²) in [5.41, 5.74) is 1.24. The molecule has 3 aromatic rings. The quantitative estimate of drug-likeness (QED) is 0.658. The van der Waals surface area contributed by atoms with Crippen molar-refractivity contribution in [1.82, 2.24) is 30.0 Å². The molecule has 0 radical (unpaired) electrons. The summed E-state index contributed by atoms with van der Waals surface area (Å²) >= 11 is 1.36. The lowest BCUT2D eigenvalue weighted by molar-refractivity contribution is 0.0538. The van der Waals surface area contributed by atoms with E-state index in [1.807, 2.05) is 11.4 Å². The molecular formula is C18H18N6O3S. The van der Waals surface area contributed by atoms with Crippen LogP contribution in [-0.4, -0.2) is 75.1 Å². The Balaban J connectivity index is 1.42. The van der Waals surface area contributed by atoms with E-state index in [1.54, 1.807) is 41.2 Å². The number of nitrogens with zero attached hydrogens (tertiary/aromatic N) is 6. The number of rotatable bonds is 4. The fourth-order valence-electron chi connectivity index (χ4n) is 3.11. The Morgan fingerprint density at radius 3 is 2.50 bits per heavy atom. The number of hydrogen-bond acceptors (Lipinski definition) is 7. The molecule has 1 fully saturated rings. The van der Waals surface area contributed by atoms with Gasteiger partial charge in [0.1, 0.15) is 17.0 Å². The molecule has 4 rings (SSSR count). The molecule has 1 aliphatic rings. The van der Waals surface area contributed by atoms with Crippen LogP contribution in [0, 0.1) is 0 Å². The van der Waals surface area contributed by atoms with Gasteiger partial charge in [-0.25, -0.2) is 0 Å². The van der Waals surface area contributed by atoms with E-state index in [1.165, 1.54) is 22.3 Å². The van der Waals surface area contributed by atoms with Gasteiger partial charge in [0.25, 0.3) is 11.8 Å². The summed E-state index contributed by atoms with van der Waals surface area (Å²) in [6, 6.07) is 8.91. The first-order valence-corrected chi connectivity index (χ1v) is 9.59. The van der Waals surface area contributed by atoms with Gasteiger partial charge in [-0.15, -0.1) is 16.4 Å². The van der Waals surface area contributed by atoms with Crippen LogP contribution in [0.3, 0.4) is 0 Å². The summed E-state index contributed by atoms with van der Waals surface area (Å²) in [5, 5.41) is 12.9. The number of methoxy groups -OCH3 is 1. The van der Waals surface area contributed by atoms with E-state index in [9.17, 15) is 9.59 Å². The number of thiophene rings is 1. The Morgan fingerprint density at radius 1 is 1.07 bits per heavy atom. The van der Waals surface area contributed by atoms with E-state index in [0.29, 0.717) is 48.1 Å². The number of ether oxygens (including phenoxy) is 1. The predicted octanol–water partition coefficient (Wildman–Crippen LogP) is 1.33. The highest BCUT2D eigenvalue weighted by Gasteiger charge is 2.28. The Bertz CT molecular complexity index is 979. The van der Waals surface area contributed by atoms with Gasteiger partial charge < -0.3 is 14.5 Å². The molecule has 2 aromatic heterocycles. The molecule has 0 aliphatic carbocycles. The molecule has 0 saturated carbocycles. The summed E-state index contributed by atoms with van der Waals surface area (Å²) in [6.45, 7) is 1.91. The largest absolute Gasteiger partial charge is 0.497 e. The van der Waals surface area contributed by atoms with Crippen molar-refractivity contribution < 1.29 is 14.3 Å². The summed E-state index contributed by atoms with van der Waals surface area (Å²) in [7, 11) is 1.57. The smallest absolute Gasteiger partial charge is 0.266 e. The predicted molar refractivity (Wildman–Crippen MR) is 102 cm³/mol. The molecule has 0 unspecified atom stereocenters. The van der Waals surface area contributed by atoms with Gasteiger partial charge in [-0.05, 0) is 40.1 Å². The Morgan fingerprint density at radius 2 is 1.82 bits per heavy atom. The minimum atomic E-state index is -0.0750. The van der Waals surface area contributed by atoms with E-state index >= 15 is 0 Å². The van der Waals surface area contributed by atoms with E-state index in [2.05, 4.69) is 15.5 Å². The lowest BCUT2D eigenvalue weighted by atomic mass is 10.1. The molecule has 1 aliphatic heterocycles. The number of piperazine rings is 1. The first kappa shape index (κ1) is 18.1. The molecule has 0 atom stereocenters. The zero-order valence-electron chi connectivity index (χ0n) is 15.2. The minimum absolute atomic E-state index is 0.0588.